The number of nitrogens with one attached hydrogen (secondary N) is 2. The van der Waals surface area contributed by atoms with Crippen molar-refractivity contribution in [1.82, 2.24) is 25.4 Å². The van der Waals surface area contributed by atoms with Crippen molar-refractivity contribution in [3.05, 3.63) is 83.0 Å². The lowest BCUT2D eigenvalue weighted by molar-refractivity contribution is -0.120. The number of hydrogen-bond donors (Lipinski definition) is 5. The van der Waals surface area contributed by atoms with E-state index in [2.05, 4.69) is 10.6 Å². The quantitative estimate of drug-likeness (QED) is 0.115. The molecule has 0 radical (unpaired) electrons. The molecule has 256 valence electrons. The molecule has 0 unspecified atom stereocenters. The van der Waals surface area contributed by atoms with Crippen LogP contribution in [0.25, 0.3) is 39.0 Å². The molecular formula is C36H39ClN6O6. The number of aromatic nitrogens is 3. The summed E-state index contributed by atoms with van der Waals surface area (Å²) >= 11 is 7.13. The van der Waals surface area contributed by atoms with Gasteiger partial charge in [0.1, 0.15) is 17.5 Å². The van der Waals surface area contributed by atoms with Gasteiger partial charge in [-0.3, -0.25) is 10.1 Å². The van der Waals surface area contributed by atoms with E-state index < -0.39 is 18.6 Å². The van der Waals surface area contributed by atoms with E-state index in [9.17, 15) is 15.0 Å². The molecule has 12 nitrogen and oxygen atoms in total. The van der Waals surface area contributed by atoms with Gasteiger partial charge in [0.25, 0.3) is 0 Å². The second-order valence-corrected chi connectivity index (χ2v) is 12.3. The van der Waals surface area contributed by atoms with Crippen molar-refractivity contribution >= 4 is 28.4 Å². The van der Waals surface area contributed by atoms with E-state index in [0.29, 0.717) is 51.9 Å². The fourth-order valence-corrected chi connectivity index (χ4v) is 6.44. The monoisotopic (exact) mass is 686 g/mol. The van der Waals surface area contributed by atoms with Crippen LogP contribution in [-0.4, -0.2) is 77.0 Å². The van der Waals surface area contributed by atoms with Crippen LogP contribution in [0.2, 0.25) is 5.02 Å². The molecule has 13 heteroatoms. The number of fused-ring (bicyclic) bond motifs is 1. The Bertz CT molecular complexity index is 1950. The van der Waals surface area contributed by atoms with Crippen LogP contribution in [0.15, 0.2) is 66.9 Å². The second-order valence-electron chi connectivity index (χ2n) is 11.9. The first kappa shape index (κ1) is 34.2. The molecule has 6 rings (SSSR count). The number of nitrogens with zero attached hydrogens (tertiary/aromatic N) is 3. The molecule has 0 bridgehead atoms. The molecule has 0 aliphatic heterocycles. The van der Waals surface area contributed by atoms with Crippen LogP contribution < -0.4 is 30.6 Å². The zero-order chi connectivity index (χ0) is 34.7. The molecule has 1 aliphatic rings. The number of primary amides is 1. The number of carbonyl (C=O) groups is 1. The fraction of sp³-hybridized carbons (Fsp3) is 0.306. The molecule has 5 aromatic rings. The normalized spacial score (nSPS) is 16.3. The summed E-state index contributed by atoms with van der Waals surface area (Å²) in [4.78, 5) is 16.4. The van der Waals surface area contributed by atoms with Crippen molar-refractivity contribution in [1.29, 1.82) is 0 Å². The van der Waals surface area contributed by atoms with E-state index >= 15 is 0 Å². The van der Waals surface area contributed by atoms with Crippen molar-refractivity contribution in [2.24, 2.45) is 5.73 Å². The third-order valence-electron chi connectivity index (χ3n) is 8.89. The highest BCUT2D eigenvalue weighted by molar-refractivity contribution is 6.36. The predicted octanol–water partition coefficient (Wildman–Crippen LogP) is 3.98. The third-order valence-corrected chi connectivity index (χ3v) is 9.30. The van der Waals surface area contributed by atoms with Gasteiger partial charge in [0, 0.05) is 53.3 Å². The van der Waals surface area contributed by atoms with Gasteiger partial charge >= 0.3 is 0 Å². The molecule has 1 aliphatic carbocycles. The largest absolute Gasteiger partial charge is 0.496 e. The third kappa shape index (κ3) is 6.91. The van der Waals surface area contributed by atoms with E-state index in [1.54, 1.807) is 32.2 Å². The number of carbonyl (C=O) groups excluding carboxylic acids is 1. The standard InChI is InChI=1S/C36H39ClN6O6/c1-47-32-14-22(15-33(48-2)28(32)17-40-30(19-44)35(38)46)43-31-9-5-6-24(27(31)18-41-43)25-7-4-8-26(34(25)37)29-11-10-20(36(42-29)49-3)16-39-21-12-23(45)13-21/h4-11,14-15,18,21,23,30,39-40,44-45H,12-13,16-17,19H2,1-3H3,(H2,38,46)/t21?,23?,30-/m0/s1. The van der Waals surface area contributed by atoms with Crippen LogP contribution in [0.3, 0.4) is 0 Å². The van der Waals surface area contributed by atoms with Gasteiger partial charge in [-0.2, -0.15) is 5.10 Å². The highest BCUT2D eigenvalue weighted by atomic mass is 35.5. The Morgan fingerprint density at radius 3 is 2.35 bits per heavy atom. The lowest BCUT2D eigenvalue weighted by Crippen LogP contribution is -2.43. The minimum atomic E-state index is -0.916. The summed E-state index contributed by atoms with van der Waals surface area (Å²) in [7, 11) is 4.69. The average Bonchev–Trinajstić information content (AvgIpc) is 3.54. The number of halogens is 1. The molecule has 0 saturated heterocycles. The number of aliphatic hydroxyl groups is 2. The SMILES string of the molecule is COc1cc(-n2ncc3c(-c4cccc(-c5ccc(CNC6CC(O)C6)c(OC)n5)c4Cl)cccc32)cc(OC)c1CN[C@@H](CO)C(N)=O. The first-order chi connectivity index (χ1) is 23.8. The Morgan fingerprint density at radius 1 is 1.00 bits per heavy atom. The predicted molar refractivity (Wildman–Crippen MR) is 187 cm³/mol. The van der Waals surface area contributed by atoms with Gasteiger partial charge in [-0.1, -0.05) is 48.0 Å². The maximum Gasteiger partial charge on any atom is 0.236 e. The minimum Gasteiger partial charge on any atom is -0.496 e. The number of pyridine rings is 1. The molecule has 3 aromatic carbocycles. The maximum absolute atomic E-state index is 11.6. The van der Waals surface area contributed by atoms with E-state index in [-0.39, 0.29) is 12.6 Å². The molecule has 6 N–H and O–H groups in total. The summed E-state index contributed by atoms with van der Waals surface area (Å²) in [6.07, 6.45) is 3.07. The van der Waals surface area contributed by atoms with Gasteiger partial charge < -0.3 is 35.5 Å². The summed E-state index contributed by atoms with van der Waals surface area (Å²) in [6.45, 7) is 0.324. The summed E-state index contributed by atoms with van der Waals surface area (Å²) < 4.78 is 18.8. The van der Waals surface area contributed by atoms with Crippen LogP contribution in [0.1, 0.15) is 24.0 Å². The number of hydrogen-bond acceptors (Lipinski definition) is 10. The van der Waals surface area contributed by atoms with Gasteiger partial charge in [-0.05, 0) is 30.5 Å². The molecule has 1 amide bonds. The lowest BCUT2D eigenvalue weighted by Gasteiger charge is -2.32. The van der Waals surface area contributed by atoms with Crippen molar-refractivity contribution in [2.75, 3.05) is 27.9 Å². The molecule has 2 heterocycles. The zero-order valence-corrected chi connectivity index (χ0v) is 28.2. The minimum absolute atomic E-state index is 0.172. The van der Waals surface area contributed by atoms with Crippen molar-refractivity contribution < 1.29 is 29.2 Å². The summed E-state index contributed by atoms with van der Waals surface area (Å²) in [5, 5.41) is 31.7. The van der Waals surface area contributed by atoms with Gasteiger partial charge in [0.05, 0.1) is 67.7 Å². The van der Waals surface area contributed by atoms with Crippen LogP contribution in [0, 0.1) is 0 Å². The molecule has 49 heavy (non-hydrogen) atoms. The van der Waals surface area contributed by atoms with E-state index in [1.165, 1.54) is 0 Å². The van der Waals surface area contributed by atoms with Gasteiger partial charge in [0.2, 0.25) is 11.8 Å². The topological polar surface area (TPSA) is 166 Å². The Balaban J connectivity index is 1.32. The molecule has 1 saturated carbocycles. The summed E-state index contributed by atoms with van der Waals surface area (Å²) in [5.41, 5.74) is 11.7. The Kier molecular flexibility index (Phi) is 10.3. The average molecular weight is 687 g/mol. The Morgan fingerprint density at radius 2 is 1.69 bits per heavy atom. The molecule has 2 aromatic heterocycles. The van der Waals surface area contributed by atoms with Crippen molar-refractivity contribution in [2.45, 2.75) is 44.1 Å². The van der Waals surface area contributed by atoms with E-state index in [0.717, 1.165) is 46.0 Å². The summed E-state index contributed by atoms with van der Waals surface area (Å²) in [6, 6.07) is 18.8. The number of ether oxygens (including phenoxy) is 3. The second kappa shape index (κ2) is 14.8. The number of benzene rings is 3. The van der Waals surface area contributed by atoms with Crippen LogP contribution in [-0.2, 0) is 17.9 Å². The maximum atomic E-state index is 11.6. The van der Waals surface area contributed by atoms with Gasteiger partial charge in [-0.25, -0.2) is 9.67 Å². The van der Waals surface area contributed by atoms with Gasteiger partial charge in [-0.15, -0.1) is 0 Å². The van der Waals surface area contributed by atoms with Crippen LogP contribution in [0.5, 0.6) is 17.4 Å². The number of nitrogens with two attached hydrogens (primary N) is 1. The number of amides is 1. The Hall–Kier alpha value is -4.72. The van der Waals surface area contributed by atoms with Crippen LogP contribution >= 0.6 is 11.6 Å². The number of rotatable bonds is 14. The van der Waals surface area contributed by atoms with Gasteiger partial charge in [0.15, 0.2) is 0 Å². The molecule has 1 fully saturated rings. The highest BCUT2D eigenvalue weighted by Gasteiger charge is 2.27. The molecule has 0 spiro atoms. The highest BCUT2D eigenvalue weighted by Crippen LogP contribution is 2.40. The molecular weight excluding hydrogens is 648 g/mol. The molecule has 1 atom stereocenters. The fourth-order valence-electron chi connectivity index (χ4n) is 6.12. The van der Waals surface area contributed by atoms with E-state index in [1.807, 2.05) is 60.7 Å². The number of aliphatic hydroxyl groups excluding tert-OH is 2. The lowest BCUT2D eigenvalue weighted by atomic mass is 9.89. The van der Waals surface area contributed by atoms with E-state index in [4.69, 9.17) is 41.6 Å². The first-order valence-electron chi connectivity index (χ1n) is 15.9. The summed E-state index contributed by atoms with van der Waals surface area (Å²) in [5.74, 6) is 0.865. The Labute approximate surface area is 288 Å². The zero-order valence-electron chi connectivity index (χ0n) is 27.4. The number of methoxy groups -OCH3 is 3. The van der Waals surface area contributed by atoms with Crippen molar-refractivity contribution in [3.8, 4) is 45.5 Å². The first-order valence-corrected chi connectivity index (χ1v) is 16.2. The smallest absolute Gasteiger partial charge is 0.236 e. The van der Waals surface area contributed by atoms with Crippen molar-refractivity contribution in [3.63, 3.8) is 0 Å². The van der Waals surface area contributed by atoms with Crippen LogP contribution in [0.4, 0.5) is 0 Å².